The van der Waals surface area contributed by atoms with Crippen LogP contribution in [0.25, 0.3) is 10.9 Å². The molecule has 0 saturated heterocycles. The average Bonchev–Trinajstić information content (AvgIpc) is 2.96. The second-order valence-electron chi connectivity index (χ2n) is 4.42. The van der Waals surface area contributed by atoms with Crippen LogP contribution in [0.3, 0.4) is 0 Å². The average molecular weight is 240 g/mol. The lowest BCUT2D eigenvalue weighted by Crippen LogP contribution is -2.08. The molecule has 4 heteroatoms. The van der Waals surface area contributed by atoms with E-state index in [0.29, 0.717) is 6.54 Å². The Hall–Kier alpha value is -2.07. The first kappa shape index (κ1) is 11.0. The first-order valence-corrected chi connectivity index (χ1v) is 6.04. The highest BCUT2D eigenvalue weighted by molar-refractivity contribution is 5.81. The summed E-state index contributed by atoms with van der Waals surface area (Å²) in [6.07, 6.45) is 2.05. The van der Waals surface area contributed by atoms with Crippen LogP contribution in [0, 0.1) is 0 Å². The second-order valence-corrected chi connectivity index (χ2v) is 4.42. The van der Waals surface area contributed by atoms with Crippen molar-refractivity contribution < 1.29 is 0 Å². The second kappa shape index (κ2) is 4.31. The highest BCUT2D eigenvalue weighted by Crippen LogP contribution is 2.19. The fourth-order valence-corrected chi connectivity index (χ4v) is 2.36. The van der Waals surface area contributed by atoms with Gasteiger partial charge in [-0.05, 0) is 18.2 Å². The van der Waals surface area contributed by atoms with Gasteiger partial charge >= 0.3 is 0 Å². The van der Waals surface area contributed by atoms with Crippen molar-refractivity contribution in [2.45, 2.75) is 13.1 Å². The van der Waals surface area contributed by atoms with Crippen molar-refractivity contribution in [3.63, 3.8) is 0 Å². The number of hydrogen-bond acceptors (Lipinski definition) is 2. The molecule has 0 bridgehead atoms. The van der Waals surface area contributed by atoms with E-state index in [4.69, 9.17) is 5.73 Å². The van der Waals surface area contributed by atoms with Gasteiger partial charge in [0.1, 0.15) is 0 Å². The summed E-state index contributed by atoms with van der Waals surface area (Å²) in [5.74, 6) is 0. The lowest BCUT2D eigenvalue weighted by Gasteiger charge is -2.05. The van der Waals surface area contributed by atoms with Gasteiger partial charge in [0.2, 0.25) is 0 Å². The minimum atomic E-state index is 0.553. The Morgan fingerprint density at radius 1 is 1.17 bits per heavy atom. The predicted molar refractivity (Wildman–Crippen MR) is 72.1 cm³/mol. The Morgan fingerprint density at radius 3 is 2.83 bits per heavy atom. The van der Waals surface area contributed by atoms with Crippen molar-refractivity contribution in [1.29, 1.82) is 0 Å². The summed E-state index contributed by atoms with van der Waals surface area (Å²) >= 11 is 0. The lowest BCUT2D eigenvalue weighted by atomic mass is 10.2. The molecule has 1 aromatic carbocycles. The fraction of sp³-hybridized carbons (Fsp3) is 0.214. The van der Waals surface area contributed by atoms with Crippen LogP contribution in [0.2, 0.25) is 0 Å². The quantitative estimate of drug-likeness (QED) is 0.760. The topological polar surface area (TPSA) is 48.8 Å². The third-order valence-corrected chi connectivity index (χ3v) is 3.29. The monoisotopic (exact) mass is 240 g/mol. The van der Waals surface area contributed by atoms with E-state index in [1.54, 1.807) is 0 Å². The van der Waals surface area contributed by atoms with Gasteiger partial charge in [0, 0.05) is 30.9 Å². The highest BCUT2D eigenvalue weighted by atomic mass is 15.3. The van der Waals surface area contributed by atoms with E-state index < -0.39 is 0 Å². The van der Waals surface area contributed by atoms with Gasteiger partial charge in [-0.3, -0.25) is 4.68 Å². The molecule has 2 heterocycles. The van der Waals surface area contributed by atoms with E-state index in [2.05, 4.69) is 21.8 Å². The summed E-state index contributed by atoms with van der Waals surface area (Å²) in [7, 11) is 1.98. The molecule has 0 amide bonds. The molecular weight excluding hydrogens is 224 g/mol. The van der Waals surface area contributed by atoms with Gasteiger partial charge in [-0.15, -0.1) is 0 Å². The number of hydrogen-bond donors (Lipinski definition) is 1. The maximum Gasteiger partial charge on any atom is 0.0900 e. The molecule has 0 aliphatic rings. The molecule has 0 aliphatic heterocycles. The van der Waals surface area contributed by atoms with Crippen LogP contribution < -0.4 is 5.73 Å². The van der Waals surface area contributed by atoms with E-state index >= 15 is 0 Å². The van der Waals surface area contributed by atoms with Crippen LogP contribution in [-0.2, 0) is 20.1 Å². The Balaban J connectivity index is 2.05. The Morgan fingerprint density at radius 2 is 2.00 bits per heavy atom. The van der Waals surface area contributed by atoms with Gasteiger partial charge in [-0.2, -0.15) is 5.10 Å². The van der Waals surface area contributed by atoms with E-state index in [9.17, 15) is 0 Å². The molecule has 3 rings (SSSR count). The zero-order valence-electron chi connectivity index (χ0n) is 10.4. The number of nitrogens with zero attached hydrogens (tertiary/aromatic N) is 3. The van der Waals surface area contributed by atoms with Gasteiger partial charge in [0.25, 0.3) is 0 Å². The molecule has 0 fully saturated rings. The Kier molecular flexibility index (Phi) is 2.64. The zero-order valence-corrected chi connectivity index (χ0v) is 10.4. The van der Waals surface area contributed by atoms with Crippen molar-refractivity contribution in [2.75, 3.05) is 0 Å². The smallest absolute Gasteiger partial charge is 0.0900 e. The van der Waals surface area contributed by atoms with Crippen LogP contribution in [0.15, 0.2) is 42.6 Å². The van der Waals surface area contributed by atoms with Crippen LogP contribution in [0.5, 0.6) is 0 Å². The molecule has 4 nitrogen and oxygen atoms in total. The van der Waals surface area contributed by atoms with Gasteiger partial charge < -0.3 is 10.3 Å². The van der Waals surface area contributed by atoms with Crippen molar-refractivity contribution in [1.82, 2.24) is 14.3 Å². The number of para-hydroxylation sites is 1. The van der Waals surface area contributed by atoms with Crippen LogP contribution in [-0.4, -0.2) is 14.3 Å². The first-order valence-electron chi connectivity index (χ1n) is 6.04. The van der Waals surface area contributed by atoms with E-state index in [1.165, 1.54) is 5.39 Å². The third kappa shape index (κ3) is 1.71. The molecule has 2 N–H and O–H groups in total. The minimum Gasteiger partial charge on any atom is -0.344 e. The molecule has 2 aromatic heterocycles. The summed E-state index contributed by atoms with van der Waals surface area (Å²) in [4.78, 5) is 0. The van der Waals surface area contributed by atoms with Gasteiger partial charge in [-0.1, -0.05) is 18.2 Å². The summed E-state index contributed by atoms with van der Waals surface area (Å²) in [5.41, 5.74) is 9.09. The SMILES string of the molecule is Cn1nc(Cn2cccc2CN)c2ccccc21. The van der Waals surface area contributed by atoms with E-state index in [1.807, 2.05) is 42.2 Å². The first-order chi connectivity index (χ1) is 8.79. The van der Waals surface area contributed by atoms with Gasteiger partial charge in [0.05, 0.1) is 17.8 Å². The molecule has 0 radical (unpaired) electrons. The maximum atomic E-state index is 5.72. The predicted octanol–water partition coefficient (Wildman–Crippen LogP) is 1.88. The largest absolute Gasteiger partial charge is 0.344 e. The zero-order chi connectivity index (χ0) is 12.5. The Labute approximate surface area is 106 Å². The van der Waals surface area contributed by atoms with Crippen molar-refractivity contribution in [3.8, 4) is 0 Å². The number of benzene rings is 1. The minimum absolute atomic E-state index is 0.553. The molecule has 0 aliphatic carbocycles. The maximum absolute atomic E-state index is 5.72. The number of aryl methyl sites for hydroxylation is 1. The third-order valence-electron chi connectivity index (χ3n) is 3.29. The van der Waals surface area contributed by atoms with Crippen LogP contribution in [0.4, 0.5) is 0 Å². The number of rotatable bonds is 3. The van der Waals surface area contributed by atoms with Crippen molar-refractivity contribution in [3.05, 3.63) is 54.0 Å². The summed E-state index contributed by atoms with van der Waals surface area (Å²) in [6, 6.07) is 12.4. The molecule has 92 valence electrons. The van der Waals surface area contributed by atoms with Crippen molar-refractivity contribution >= 4 is 10.9 Å². The Bertz CT molecular complexity index is 678. The summed E-state index contributed by atoms with van der Waals surface area (Å²) < 4.78 is 4.07. The summed E-state index contributed by atoms with van der Waals surface area (Å²) in [5, 5.41) is 5.80. The lowest BCUT2D eigenvalue weighted by molar-refractivity contribution is 0.696. The molecule has 0 saturated carbocycles. The highest BCUT2D eigenvalue weighted by Gasteiger charge is 2.09. The van der Waals surface area contributed by atoms with Gasteiger partial charge in [0.15, 0.2) is 0 Å². The molecule has 3 aromatic rings. The number of aromatic nitrogens is 3. The standard InChI is InChI=1S/C14H16N4/c1-17-14-7-3-2-6-12(14)13(16-17)10-18-8-4-5-11(18)9-15/h2-8H,9-10,15H2,1H3. The van der Waals surface area contributed by atoms with Crippen LogP contribution >= 0.6 is 0 Å². The number of fused-ring (bicyclic) bond motifs is 1. The van der Waals surface area contributed by atoms with Gasteiger partial charge in [-0.25, -0.2) is 0 Å². The normalized spacial score (nSPS) is 11.2. The molecule has 18 heavy (non-hydrogen) atoms. The van der Waals surface area contributed by atoms with Crippen molar-refractivity contribution in [2.24, 2.45) is 12.8 Å². The van der Waals surface area contributed by atoms with Crippen LogP contribution in [0.1, 0.15) is 11.4 Å². The molecule has 0 atom stereocenters. The molecule has 0 spiro atoms. The molecule has 0 unspecified atom stereocenters. The van der Waals surface area contributed by atoms with E-state index in [-0.39, 0.29) is 0 Å². The van der Waals surface area contributed by atoms with E-state index in [0.717, 1.165) is 23.4 Å². The summed E-state index contributed by atoms with van der Waals surface area (Å²) in [6.45, 7) is 1.32. The molecular formula is C14H16N4. The number of nitrogens with two attached hydrogens (primary N) is 1. The fourth-order valence-electron chi connectivity index (χ4n) is 2.36.